The van der Waals surface area contributed by atoms with E-state index in [4.69, 9.17) is 4.74 Å². The summed E-state index contributed by atoms with van der Waals surface area (Å²) in [5, 5.41) is 0. The van der Waals surface area contributed by atoms with E-state index < -0.39 is 10.0 Å². The Morgan fingerprint density at radius 1 is 1.20 bits per heavy atom. The summed E-state index contributed by atoms with van der Waals surface area (Å²) in [6.45, 7) is 4.86. The van der Waals surface area contributed by atoms with Gasteiger partial charge < -0.3 is 9.64 Å². The van der Waals surface area contributed by atoms with E-state index in [1.54, 1.807) is 12.1 Å². The van der Waals surface area contributed by atoms with Crippen LogP contribution in [0.15, 0.2) is 29.2 Å². The first-order chi connectivity index (χ1) is 12.0. The Morgan fingerprint density at radius 3 is 2.44 bits per heavy atom. The quantitative estimate of drug-likeness (QED) is 0.821. The van der Waals surface area contributed by atoms with Crippen molar-refractivity contribution in [1.82, 2.24) is 14.5 Å². The van der Waals surface area contributed by atoms with Crippen LogP contribution in [-0.4, -0.2) is 76.6 Å². The molecule has 0 spiro atoms. The number of piperazine rings is 1. The fraction of sp³-hybridized carbons (Fsp3) is 0.588. The van der Waals surface area contributed by atoms with E-state index >= 15 is 0 Å². The molecule has 3 rings (SSSR count). The van der Waals surface area contributed by atoms with E-state index in [1.807, 2.05) is 4.90 Å². The second kappa shape index (κ2) is 7.82. The average molecular weight is 367 g/mol. The van der Waals surface area contributed by atoms with Crippen LogP contribution in [0.5, 0.6) is 0 Å². The molecule has 2 saturated heterocycles. The van der Waals surface area contributed by atoms with E-state index in [-0.39, 0.29) is 10.8 Å². The van der Waals surface area contributed by atoms with Crippen LogP contribution in [0, 0.1) is 0 Å². The van der Waals surface area contributed by atoms with Gasteiger partial charge in [-0.1, -0.05) is 0 Å². The van der Waals surface area contributed by atoms with Gasteiger partial charge in [0.2, 0.25) is 10.0 Å². The summed E-state index contributed by atoms with van der Waals surface area (Å²) < 4.78 is 31.4. The molecule has 2 fully saturated rings. The predicted molar refractivity (Wildman–Crippen MR) is 94.0 cm³/mol. The molecule has 2 aliphatic rings. The molecule has 2 aliphatic heterocycles. The summed E-state index contributed by atoms with van der Waals surface area (Å²) in [6, 6.07) is 6.08. The molecule has 0 radical (unpaired) electrons. The predicted octanol–water partition coefficient (Wildman–Crippen LogP) is 0.532. The lowest BCUT2D eigenvalue weighted by Gasteiger charge is -2.35. The number of carbonyl (C=O) groups excluding carboxylic acids is 1. The molecule has 1 aromatic carbocycles. The maximum atomic E-state index is 12.6. The Kier molecular flexibility index (Phi) is 5.73. The van der Waals surface area contributed by atoms with Gasteiger partial charge in [0.1, 0.15) is 0 Å². The summed E-state index contributed by atoms with van der Waals surface area (Å²) in [6.07, 6.45) is 2.60. The molecule has 1 aromatic rings. The molecule has 1 amide bonds. The first-order valence-corrected chi connectivity index (χ1v) is 10.1. The number of nitrogens with zero attached hydrogens (tertiary/aromatic N) is 2. The first-order valence-electron chi connectivity index (χ1n) is 8.66. The zero-order valence-electron chi connectivity index (χ0n) is 14.5. The Morgan fingerprint density at radius 2 is 1.88 bits per heavy atom. The lowest BCUT2D eigenvalue weighted by molar-refractivity contribution is 0.0432. The van der Waals surface area contributed by atoms with Gasteiger partial charge in [-0.05, 0) is 44.2 Å². The molecule has 0 aromatic heterocycles. The van der Waals surface area contributed by atoms with Crippen LogP contribution >= 0.6 is 0 Å². The lowest BCUT2D eigenvalue weighted by atomic mass is 10.1. The zero-order chi connectivity index (χ0) is 17.9. The highest BCUT2D eigenvalue weighted by molar-refractivity contribution is 7.89. The zero-order valence-corrected chi connectivity index (χ0v) is 15.3. The summed E-state index contributed by atoms with van der Waals surface area (Å²) in [7, 11) is -2.11. The van der Waals surface area contributed by atoms with E-state index in [0.29, 0.717) is 24.8 Å². The molecular weight excluding hydrogens is 342 g/mol. The largest absolute Gasteiger partial charge is 0.377 e. The highest BCUT2D eigenvalue weighted by Crippen LogP contribution is 2.16. The maximum Gasteiger partial charge on any atom is 0.253 e. The summed E-state index contributed by atoms with van der Waals surface area (Å²) >= 11 is 0. The van der Waals surface area contributed by atoms with E-state index in [2.05, 4.69) is 9.62 Å². The third-order valence-electron chi connectivity index (χ3n) is 4.83. The smallest absolute Gasteiger partial charge is 0.253 e. The molecule has 0 aliphatic carbocycles. The van der Waals surface area contributed by atoms with Gasteiger partial charge >= 0.3 is 0 Å². The lowest BCUT2D eigenvalue weighted by Crippen LogP contribution is -2.50. The van der Waals surface area contributed by atoms with Crippen LogP contribution in [0.25, 0.3) is 0 Å². The minimum absolute atomic E-state index is 0.0508. The van der Waals surface area contributed by atoms with E-state index in [9.17, 15) is 13.2 Å². The van der Waals surface area contributed by atoms with Crippen molar-refractivity contribution in [2.45, 2.75) is 23.8 Å². The first kappa shape index (κ1) is 18.3. The second-order valence-corrected chi connectivity index (χ2v) is 8.35. The van der Waals surface area contributed by atoms with Gasteiger partial charge in [-0.15, -0.1) is 0 Å². The molecule has 1 N–H and O–H groups in total. The maximum absolute atomic E-state index is 12.6. The van der Waals surface area contributed by atoms with Gasteiger partial charge in [0.05, 0.1) is 11.0 Å². The van der Waals surface area contributed by atoms with Crippen LogP contribution < -0.4 is 4.72 Å². The van der Waals surface area contributed by atoms with Crippen molar-refractivity contribution in [3.63, 3.8) is 0 Å². The summed E-state index contributed by atoms with van der Waals surface area (Å²) in [5.41, 5.74) is 0.516. The van der Waals surface area contributed by atoms with Crippen LogP contribution in [0.4, 0.5) is 0 Å². The highest BCUT2D eigenvalue weighted by Gasteiger charge is 2.25. The molecule has 7 nitrogen and oxygen atoms in total. The number of hydrogen-bond donors (Lipinski definition) is 1. The Bertz CT molecular complexity index is 691. The molecule has 1 atom stereocenters. The standard InChI is InChI=1S/C17H25N3O4S/c1-18-25(22,23)16-6-4-14(5-7-16)17(21)20-10-8-19(9-11-20)13-15-3-2-12-24-15/h4-7,15,18H,2-3,8-13H2,1H3. The number of nitrogens with one attached hydrogen (secondary N) is 1. The van der Waals surface area contributed by atoms with E-state index in [1.165, 1.54) is 19.2 Å². The number of hydrogen-bond acceptors (Lipinski definition) is 5. The minimum Gasteiger partial charge on any atom is -0.377 e. The van der Waals surface area contributed by atoms with Crippen LogP contribution in [-0.2, 0) is 14.8 Å². The number of sulfonamides is 1. The van der Waals surface area contributed by atoms with Crippen molar-refractivity contribution >= 4 is 15.9 Å². The molecule has 0 bridgehead atoms. The topological polar surface area (TPSA) is 79.0 Å². The number of benzene rings is 1. The fourth-order valence-electron chi connectivity index (χ4n) is 3.29. The third kappa shape index (κ3) is 4.38. The van der Waals surface area contributed by atoms with Crippen LogP contribution in [0.2, 0.25) is 0 Å². The summed E-state index contributed by atoms with van der Waals surface area (Å²) in [4.78, 5) is 16.9. The number of carbonyl (C=O) groups is 1. The van der Waals surface area contributed by atoms with Crippen molar-refractivity contribution in [2.75, 3.05) is 46.4 Å². The second-order valence-electron chi connectivity index (χ2n) is 6.46. The van der Waals surface area contributed by atoms with Crippen molar-refractivity contribution in [1.29, 1.82) is 0 Å². The van der Waals surface area contributed by atoms with E-state index in [0.717, 1.165) is 39.1 Å². The van der Waals surface area contributed by atoms with Crippen LogP contribution in [0.3, 0.4) is 0 Å². The molecule has 8 heteroatoms. The van der Waals surface area contributed by atoms with Crippen molar-refractivity contribution < 1.29 is 17.9 Å². The highest BCUT2D eigenvalue weighted by atomic mass is 32.2. The van der Waals surface area contributed by atoms with Gasteiger partial charge in [0.25, 0.3) is 5.91 Å². The van der Waals surface area contributed by atoms with Gasteiger partial charge in [-0.3, -0.25) is 9.69 Å². The molecule has 25 heavy (non-hydrogen) atoms. The van der Waals surface area contributed by atoms with Gasteiger partial charge in [-0.25, -0.2) is 13.1 Å². The number of rotatable bonds is 5. The minimum atomic E-state index is -3.48. The fourth-order valence-corrected chi connectivity index (χ4v) is 4.02. The molecule has 2 heterocycles. The molecule has 138 valence electrons. The Labute approximate surface area is 149 Å². The normalized spacial score (nSPS) is 22.3. The van der Waals surface area contributed by atoms with Crippen molar-refractivity contribution in [2.24, 2.45) is 0 Å². The van der Waals surface area contributed by atoms with Gasteiger partial charge in [-0.2, -0.15) is 0 Å². The SMILES string of the molecule is CNS(=O)(=O)c1ccc(C(=O)N2CCN(CC3CCCO3)CC2)cc1. The van der Waals surface area contributed by atoms with Gasteiger partial charge in [0.15, 0.2) is 0 Å². The monoisotopic (exact) mass is 367 g/mol. The summed E-state index contributed by atoms with van der Waals surface area (Å²) in [5.74, 6) is -0.0508. The Balaban J connectivity index is 1.55. The Hall–Kier alpha value is -1.48. The number of ether oxygens (including phenoxy) is 1. The van der Waals surface area contributed by atoms with Crippen molar-refractivity contribution in [3.8, 4) is 0 Å². The van der Waals surface area contributed by atoms with Crippen LogP contribution in [0.1, 0.15) is 23.2 Å². The molecular formula is C17H25N3O4S. The molecule has 1 unspecified atom stereocenters. The average Bonchev–Trinajstić information content (AvgIpc) is 3.15. The third-order valence-corrected chi connectivity index (χ3v) is 6.26. The number of amides is 1. The van der Waals surface area contributed by atoms with Gasteiger partial charge in [0, 0.05) is 44.9 Å². The van der Waals surface area contributed by atoms with Crippen molar-refractivity contribution in [3.05, 3.63) is 29.8 Å². The molecule has 0 saturated carbocycles.